The first kappa shape index (κ1) is 18.3. The van der Waals surface area contributed by atoms with Gasteiger partial charge in [-0.15, -0.1) is 0 Å². The topological polar surface area (TPSA) is 53.1 Å². The lowest BCUT2D eigenvalue weighted by Crippen LogP contribution is -2.49. The molecule has 2 amide bonds. The molecule has 0 unspecified atom stereocenters. The molecular weight excluding hydrogens is 354 g/mol. The van der Waals surface area contributed by atoms with Crippen LogP contribution in [0.15, 0.2) is 42.5 Å². The minimum atomic E-state index is 0.0574. The van der Waals surface area contributed by atoms with Crippen molar-refractivity contribution in [3.05, 3.63) is 53.6 Å². The molecule has 2 heterocycles. The third-order valence-corrected chi connectivity index (χ3v) is 5.66. The maximum Gasteiger partial charge on any atom is 0.253 e. The molecule has 6 heteroatoms. The number of nitrogens with zero attached hydrogens (tertiary/aromatic N) is 3. The van der Waals surface area contributed by atoms with Gasteiger partial charge in [0.1, 0.15) is 5.75 Å². The fourth-order valence-electron chi connectivity index (χ4n) is 4.01. The predicted octanol–water partition coefficient (Wildman–Crippen LogP) is 2.57. The van der Waals surface area contributed by atoms with E-state index in [1.54, 1.807) is 19.1 Å². The van der Waals surface area contributed by atoms with Gasteiger partial charge >= 0.3 is 0 Å². The zero-order valence-corrected chi connectivity index (χ0v) is 16.4. The first-order valence-electron chi connectivity index (χ1n) is 9.65. The SMILES string of the molecule is COc1ccccc1N1CCN(C(=O)c2ccc3c(c2)CCC(=O)N3C)CC1. The monoisotopic (exact) mass is 379 g/mol. The summed E-state index contributed by atoms with van der Waals surface area (Å²) in [5.74, 6) is 1.04. The lowest BCUT2D eigenvalue weighted by Gasteiger charge is -2.36. The largest absolute Gasteiger partial charge is 0.495 e. The number of ether oxygens (including phenoxy) is 1. The summed E-state index contributed by atoms with van der Waals surface area (Å²) in [6, 6.07) is 13.7. The Hall–Kier alpha value is -3.02. The Bertz CT molecular complexity index is 904. The van der Waals surface area contributed by atoms with E-state index >= 15 is 0 Å². The number of hydrogen-bond donors (Lipinski definition) is 0. The molecule has 2 aliphatic rings. The lowest BCUT2D eigenvalue weighted by atomic mass is 9.98. The van der Waals surface area contributed by atoms with Crippen molar-refractivity contribution in [3.8, 4) is 5.75 Å². The molecule has 0 spiro atoms. The molecule has 28 heavy (non-hydrogen) atoms. The van der Waals surface area contributed by atoms with E-state index in [0.717, 1.165) is 35.8 Å². The molecule has 1 saturated heterocycles. The Balaban J connectivity index is 1.45. The van der Waals surface area contributed by atoms with Crippen LogP contribution in [0.2, 0.25) is 0 Å². The van der Waals surface area contributed by atoms with Gasteiger partial charge in [-0.2, -0.15) is 0 Å². The number of rotatable bonds is 3. The normalized spacial score (nSPS) is 16.8. The average molecular weight is 379 g/mol. The average Bonchev–Trinajstić information content (AvgIpc) is 2.75. The summed E-state index contributed by atoms with van der Waals surface area (Å²) in [6.45, 7) is 2.89. The van der Waals surface area contributed by atoms with Crippen LogP contribution in [0, 0.1) is 0 Å². The number of piperazine rings is 1. The van der Waals surface area contributed by atoms with Gasteiger partial charge < -0.3 is 19.4 Å². The summed E-state index contributed by atoms with van der Waals surface area (Å²) in [6.07, 6.45) is 1.19. The molecule has 0 aliphatic carbocycles. The number of anilines is 2. The van der Waals surface area contributed by atoms with Gasteiger partial charge in [-0.1, -0.05) is 12.1 Å². The fourth-order valence-corrected chi connectivity index (χ4v) is 4.01. The molecule has 0 N–H and O–H groups in total. The Labute approximate surface area is 165 Å². The molecule has 0 atom stereocenters. The second-order valence-electron chi connectivity index (χ2n) is 7.25. The zero-order valence-electron chi connectivity index (χ0n) is 16.4. The molecule has 0 aromatic heterocycles. The maximum atomic E-state index is 13.0. The molecule has 2 aromatic rings. The summed E-state index contributed by atoms with van der Waals surface area (Å²) in [7, 11) is 3.47. The van der Waals surface area contributed by atoms with E-state index in [9.17, 15) is 9.59 Å². The number of hydrogen-bond acceptors (Lipinski definition) is 4. The number of benzene rings is 2. The van der Waals surface area contributed by atoms with Crippen LogP contribution in [0.4, 0.5) is 11.4 Å². The first-order chi connectivity index (χ1) is 13.6. The van der Waals surface area contributed by atoms with Gasteiger partial charge in [0.2, 0.25) is 5.91 Å². The first-order valence-corrected chi connectivity index (χ1v) is 9.65. The number of methoxy groups -OCH3 is 1. The van der Waals surface area contributed by atoms with Crippen molar-refractivity contribution in [1.29, 1.82) is 0 Å². The molecular formula is C22H25N3O3. The van der Waals surface area contributed by atoms with Crippen LogP contribution in [0.3, 0.4) is 0 Å². The summed E-state index contributed by atoms with van der Waals surface area (Å²) in [5.41, 5.74) is 3.75. The minimum absolute atomic E-state index is 0.0574. The molecule has 1 fully saturated rings. The lowest BCUT2D eigenvalue weighted by molar-refractivity contribution is -0.118. The van der Waals surface area contributed by atoms with Gasteiger partial charge in [-0.05, 0) is 42.3 Å². The van der Waals surface area contributed by atoms with Crippen molar-refractivity contribution in [2.45, 2.75) is 12.8 Å². The van der Waals surface area contributed by atoms with Crippen LogP contribution in [0.25, 0.3) is 0 Å². The molecule has 0 radical (unpaired) electrons. The van der Waals surface area contributed by atoms with E-state index in [-0.39, 0.29) is 11.8 Å². The summed E-state index contributed by atoms with van der Waals surface area (Å²) >= 11 is 0. The van der Waals surface area contributed by atoms with Crippen molar-refractivity contribution < 1.29 is 14.3 Å². The van der Waals surface area contributed by atoms with E-state index in [1.807, 2.05) is 41.3 Å². The van der Waals surface area contributed by atoms with Crippen LogP contribution >= 0.6 is 0 Å². The van der Waals surface area contributed by atoms with E-state index in [2.05, 4.69) is 11.0 Å². The van der Waals surface area contributed by atoms with Crippen LogP contribution in [0.5, 0.6) is 5.75 Å². The summed E-state index contributed by atoms with van der Waals surface area (Å²) in [5, 5.41) is 0. The molecule has 146 valence electrons. The van der Waals surface area contributed by atoms with Gasteiger partial charge in [-0.25, -0.2) is 0 Å². The molecule has 6 nitrogen and oxygen atoms in total. The second-order valence-corrected chi connectivity index (χ2v) is 7.25. The van der Waals surface area contributed by atoms with Gasteiger partial charge in [0.25, 0.3) is 5.91 Å². The standard InChI is InChI=1S/C22H25N3O3/c1-23-18-9-7-17(15-16(18)8-10-21(23)26)22(27)25-13-11-24(12-14-25)19-5-3-4-6-20(19)28-2/h3-7,9,15H,8,10-14H2,1-2H3. The predicted molar refractivity (Wildman–Crippen MR) is 109 cm³/mol. The smallest absolute Gasteiger partial charge is 0.253 e. The van der Waals surface area contributed by atoms with E-state index in [1.165, 1.54) is 0 Å². The van der Waals surface area contributed by atoms with Crippen molar-refractivity contribution in [3.63, 3.8) is 0 Å². The summed E-state index contributed by atoms with van der Waals surface area (Å²) < 4.78 is 5.46. The molecule has 0 saturated carbocycles. The summed E-state index contributed by atoms with van der Waals surface area (Å²) in [4.78, 5) is 30.7. The third-order valence-electron chi connectivity index (χ3n) is 5.66. The number of amides is 2. The van der Waals surface area contributed by atoms with Crippen molar-refractivity contribution in [2.24, 2.45) is 0 Å². The quantitative estimate of drug-likeness (QED) is 0.823. The van der Waals surface area contributed by atoms with Crippen LogP contribution in [0.1, 0.15) is 22.3 Å². The van der Waals surface area contributed by atoms with E-state index in [0.29, 0.717) is 31.5 Å². The van der Waals surface area contributed by atoms with Gasteiger partial charge in [0.05, 0.1) is 12.8 Å². The van der Waals surface area contributed by atoms with Crippen LogP contribution < -0.4 is 14.5 Å². The minimum Gasteiger partial charge on any atom is -0.495 e. The zero-order chi connectivity index (χ0) is 19.7. The highest BCUT2D eigenvalue weighted by Crippen LogP contribution is 2.30. The van der Waals surface area contributed by atoms with Crippen molar-refractivity contribution in [2.75, 3.05) is 50.1 Å². The van der Waals surface area contributed by atoms with Gasteiger partial charge in [0, 0.05) is 50.9 Å². The number of carbonyl (C=O) groups is 2. The van der Waals surface area contributed by atoms with Crippen molar-refractivity contribution in [1.82, 2.24) is 4.90 Å². The van der Waals surface area contributed by atoms with E-state index < -0.39 is 0 Å². The molecule has 2 aromatic carbocycles. The Kier molecular flexibility index (Phi) is 4.94. The number of fused-ring (bicyclic) bond motifs is 1. The Morgan fingerprint density at radius 1 is 0.964 bits per heavy atom. The number of para-hydroxylation sites is 2. The number of aryl methyl sites for hydroxylation is 1. The van der Waals surface area contributed by atoms with Gasteiger partial charge in [-0.3, -0.25) is 9.59 Å². The van der Waals surface area contributed by atoms with Gasteiger partial charge in [0.15, 0.2) is 0 Å². The highest BCUT2D eigenvalue weighted by Gasteiger charge is 2.26. The van der Waals surface area contributed by atoms with Crippen LogP contribution in [-0.2, 0) is 11.2 Å². The van der Waals surface area contributed by atoms with Crippen LogP contribution in [-0.4, -0.2) is 57.1 Å². The Morgan fingerprint density at radius 2 is 1.71 bits per heavy atom. The number of carbonyl (C=O) groups excluding carboxylic acids is 2. The van der Waals surface area contributed by atoms with Crippen molar-refractivity contribution >= 4 is 23.2 Å². The molecule has 4 rings (SSSR count). The highest BCUT2D eigenvalue weighted by molar-refractivity contribution is 5.99. The van der Waals surface area contributed by atoms with E-state index in [4.69, 9.17) is 4.74 Å². The highest BCUT2D eigenvalue weighted by atomic mass is 16.5. The molecule has 0 bridgehead atoms. The Morgan fingerprint density at radius 3 is 2.46 bits per heavy atom. The molecule has 2 aliphatic heterocycles. The maximum absolute atomic E-state index is 13.0. The third kappa shape index (κ3) is 3.30. The second kappa shape index (κ2) is 7.54. The fraction of sp³-hybridized carbons (Fsp3) is 0.364.